The highest BCUT2D eigenvalue weighted by molar-refractivity contribution is 5.94. The third-order valence-electron chi connectivity index (χ3n) is 3.85. The SMILES string of the molecule is CNCCNC(=O)c1cccc(CN2CCN(C)CC2)c1.Cl.Cl. The molecular formula is C16H28Cl2N4O. The van der Waals surface area contributed by atoms with Gasteiger partial charge in [0.25, 0.3) is 5.91 Å². The molecule has 1 amide bonds. The predicted octanol–water partition coefficient (Wildman–Crippen LogP) is 1.23. The number of rotatable bonds is 6. The minimum atomic E-state index is 0. The summed E-state index contributed by atoms with van der Waals surface area (Å²) >= 11 is 0. The van der Waals surface area contributed by atoms with Crippen LogP contribution >= 0.6 is 24.8 Å². The van der Waals surface area contributed by atoms with Crippen molar-refractivity contribution < 1.29 is 4.79 Å². The summed E-state index contributed by atoms with van der Waals surface area (Å²) in [4.78, 5) is 16.8. The van der Waals surface area contributed by atoms with E-state index >= 15 is 0 Å². The number of likely N-dealkylation sites (N-methyl/N-ethyl adjacent to an activating group) is 2. The first-order valence-electron chi connectivity index (χ1n) is 7.61. The van der Waals surface area contributed by atoms with Crippen molar-refractivity contribution in [1.29, 1.82) is 0 Å². The van der Waals surface area contributed by atoms with Crippen molar-refractivity contribution in [1.82, 2.24) is 20.4 Å². The minimum absolute atomic E-state index is 0. The van der Waals surface area contributed by atoms with E-state index in [1.54, 1.807) is 0 Å². The molecule has 0 atom stereocenters. The molecule has 1 aliphatic heterocycles. The number of piperazine rings is 1. The quantitative estimate of drug-likeness (QED) is 0.747. The van der Waals surface area contributed by atoms with Gasteiger partial charge >= 0.3 is 0 Å². The number of amides is 1. The topological polar surface area (TPSA) is 47.6 Å². The lowest BCUT2D eigenvalue weighted by Crippen LogP contribution is -2.43. The van der Waals surface area contributed by atoms with Crippen molar-refractivity contribution in [3.63, 3.8) is 0 Å². The summed E-state index contributed by atoms with van der Waals surface area (Å²) in [6.07, 6.45) is 0. The highest BCUT2D eigenvalue weighted by Gasteiger charge is 2.14. The molecule has 1 heterocycles. The molecule has 1 aliphatic rings. The molecule has 23 heavy (non-hydrogen) atoms. The lowest BCUT2D eigenvalue weighted by molar-refractivity contribution is 0.0954. The molecule has 7 heteroatoms. The summed E-state index contributed by atoms with van der Waals surface area (Å²) in [5.41, 5.74) is 1.96. The average Bonchev–Trinajstić information content (AvgIpc) is 2.50. The molecule has 0 radical (unpaired) electrons. The van der Waals surface area contributed by atoms with E-state index in [4.69, 9.17) is 0 Å². The van der Waals surface area contributed by atoms with Crippen LogP contribution in [0.25, 0.3) is 0 Å². The Bertz CT molecular complexity index is 465. The van der Waals surface area contributed by atoms with Gasteiger partial charge in [-0.1, -0.05) is 12.1 Å². The number of hydrogen-bond acceptors (Lipinski definition) is 4. The molecule has 0 unspecified atom stereocenters. The van der Waals surface area contributed by atoms with E-state index < -0.39 is 0 Å². The Hall–Kier alpha value is -0.850. The van der Waals surface area contributed by atoms with Crippen LogP contribution in [-0.4, -0.2) is 69.1 Å². The molecule has 0 aromatic heterocycles. The molecule has 0 spiro atoms. The summed E-state index contributed by atoms with van der Waals surface area (Å²) < 4.78 is 0. The van der Waals surface area contributed by atoms with E-state index in [1.807, 2.05) is 25.2 Å². The normalized spacial score (nSPS) is 15.4. The number of nitrogens with one attached hydrogen (secondary N) is 2. The van der Waals surface area contributed by atoms with Crippen molar-refractivity contribution in [2.24, 2.45) is 0 Å². The van der Waals surface area contributed by atoms with E-state index in [0.29, 0.717) is 6.54 Å². The Morgan fingerprint density at radius 2 is 1.83 bits per heavy atom. The van der Waals surface area contributed by atoms with Gasteiger partial charge in [-0.2, -0.15) is 0 Å². The van der Waals surface area contributed by atoms with Crippen molar-refractivity contribution in [3.05, 3.63) is 35.4 Å². The van der Waals surface area contributed by atoms with E-state index in [1.165, 1.54) is 5.56 Å². The maximum Gasteiger partial charge on any atom is 0.251 e. The lowest BCUT2D eigenvalue weighted by Gasteiger charge is -2.32. The highest BCUT2D eigenvalue weighted by atomic mass is 35.5. The van der Waals surface area contributed by atoms with Crippen LogP contribution in [0.3, 0.4) is 0 Å². The Labute approximate surface area is 151 Å². The maximum atomic E-state index is 12.0. The van der Waals surface area contributed by atoms with Crippen molar-refractivity contribution in [3.8, 4) is 0 Å². The summed E-state index contributed by atoms with van der Waals surface area (Å²) in [6.45, 7) is 6.77. The molecule has 1 aromatic carbocycles. The van der Waals surface area contributed by atoms with Crippen LogP contribution in [0.1, 0.15) is 15.9 Å². The first-order chi connectivity index (χ1) is 10.2. The number of nitrogens with zero attached hydrogens (tertiary/aromatic N) is 2. The highest BCUT2D eigenvalue weighted by Crippen LogP contribution is 2.10. The van der Waals surface area contributed by atoms with Gasteiger partial charge in [-0.3, -0.25) is 9.69 Å². The summed E-state index contributed by atoms with van der Waals surface area (Å²) in [5, 5.41) is 5.93. The molecule has 1 aromatic rings. The number of benzene rings is 1. The van der Waals surface area contributed by atoms with Crippen LogP contribution in [0.4, 0.5) is 0 Å². The van der Waals surface area contributed by atoms with Gasteiger partial charge in [-0.25, -0.2) is 0 Å². The third-order valence-corrected chi connectivity index (χ3v) is 3.85. The minimum Gasteiger partial charge on any atom is -0.351 e. The monoisotopic (exact) mass is 362 g/mol. The van der Waals surface area contributed by atoms with Crippen molar-refractivity contribution in [2.45, 2.75) is 6.54 Å². The van der Waals surface area contributed by atoms with E-state index in [-0.39, 0.29) is 30.7 Å². The molecule has 2 rings (SSSR count). The fourth-order valence-electron chi connectivity index (χ4n) is 2.48. The zero-order valence-electron chi connectivity index (χ0n) is 13.9. The van der Waals surface area contributed by atoms with E-state index in [9.17, 15) is 4.79 Å². The van der Waals surface area contributed by atoms with Crippen LogP contribution < -0.4 is 10.6 Å². The Balaban J connectivity index is 0.00000242. The van der Waals surface area contributed by atoms with Crippen molar-refractivity contribution in [2.75, 3.05) is 53.4 Å². The third kappa shape index (κ3) is 7.50. The molecule has 1 saturated heterocycles. The van der Waals surface area contributed by atoms with Crippen molar-refractivity contribution >= 4 is 30.7 Å². The summed E-state index contributed by atoms with van der Waals surface area (Å²) in [7, 11) is 4.04. The first kappa shape index (κ1) is 22.1. The number of carbonyl (C=O) groups is 1. The van der Waals surface area contributed by atoms with Gasteiger partial charge in [0, 0.05) is 51.4 Å². The Kier molecular flexibility index (Phi) is 11.2. The standard InChI is InChI=1S/C16H26N4O.2ClH/c1-17-6-7-18-16(21)15-5-3-4-14(12-15)13-20-10-8-19(2)9-11-20;;/h3-5,12,17H,6-11,13H2,1-2H3,(H,18,21);2*1H. The van der Waals surface area contributed by atoms with Crippen LogP contribution in [0.2, 0.25) is 0 Å². The van der Waals surface area contributed by atoms with Gasteiger partial charge in [0.1, 0.15) is 0 Å². The zero-order chi connectivity index (χ0) is 15.1. The maximum absolute atomic E-state index is 12.0. The second-order valence-electron chi connectivity index (χ2n) is 5.64. The van der Waals surface area contributed by atoms with Crippen LogP contribution in [0, 0.1) is 0 Å². The zero-order valence-corrected chi connectivity index (χ0v) is 15.5. The smallest absolute Gasteiger partial charge is 0.251 e. The largest absolute Gasteiger partial charge is 0.351 e. The lowest BCUT2D eigenvalue weighted by atomic mass is 10.1. The summed E-state index contributed by atoms with van der Waals surface area (Å²) in [5.74, 6) is 0.00507. The molecule has 1 fully saturated rings. The molecule has 2 N–H and O–H groups in total. The van der Waals surface area contributed by atoms with Gasteiger partial charge in [-0.15, -0.1) is 24.8 Å². The first-order valence-corrected chi connectivity index (χ1v) is 7.61. The number of hydrogen-bond donors (Lipinski definition) is 2. The predicted molar refractivity (Wildman–Crippen MR) is 100.0 cm³/mol. The van der Waals surface area contributed by atoms with Gasteiger partial charge in [-0.05, 0) is 31.8 Å². The van der Waals surface area contributed by atoms with Gasteiger partial charge in [0.15, 0.2) is 0 Å². The molecular weight excluding hydrogens is 335 g/mol. The van der Waals surface area contributed by atoms with Gasteiger partial charge in [0.2, 0.25) is 0 Å². The number of halogens is 2. The average molecular weight is 363 g/mol. The molecule has 132 valence electrons. The number of carbonyl (C=O) groups excluding carboxylic acids is 1. The van der Waals surface area contributed by atoms with Gasteiger partial charge in [0.05, 0.1) is 0 Å². The second kappa shape index (κ2) is 11.6. The van der Waals surface area contributed by atoms with Crippen LogP contribution in [-0.2, 0) is 6.54 Å². The fourth-order valence-corrected chi connectivity index (χ4v) is 2.48. The molecule has 5 nitrogen and oxygen atoms in total. The van der Waals surface area contributed by atoms with Crippen LogP contribution in [0.5, 0.6) is 0 Å². The second-order valence-corrected chi connectivity index (χ2v) is 5.64. The Morgan fingerprint density at radius 1 is 1.13 bits per heavy atom. The van der Waals surface area contributed by atoms with Gasteiger partial charge < -0.3 is 15.5 Å². The van der Waals surface area contributed by atoms with E-state index in [2.05, 4.69) is 33.5 Å². The van der Waals surface area contributed by atoms with Crippen LogP contribution in [0.15, 0.2) is 24.3 Å². The molecule has 0 aliphatic carbocycles. The summed E-state index contributed by atoms with van der Waals surface area (Å²) in [6, 6.07) is 7.95. The molecule has 0 bridgehead atoms. The molecule has 0 saturated carbocycles. The Morgan fingerprint density at radius 3 is 2.48 bits per heavy atom. The fraction of sp³-hybridized carbons (Fsp3) is 0.562. The van der Waals surface area contributed by atoms with E-state index in [0.717, 1.165) is 44.8 Å².